The van der Waals surface area contributed by atoms with E-state index in [1.165, 1.54) is 5.56 Å². The van der Waals surface area contributed by atoms with Gasteiger partial charge in [0.2, 0.25) is 5.91 Å². The van der Waals surface area contributed by atoms with Gasteiger partial charge in [-0.1, -0.05) is 123 Å². The summed E-state index contributed by atoms with van der Waals surface area (Å²) in [5.41, 5.74) is 7.65. The summed E-state index contributed by atoms with van der Waals surface area (Å²) in [5, 5.41) is 15.3. The summed E-state index contributed by atoms with van der Waals surface area (Å²) < 4.78 is 15.0. The number of benzene rings is 6. The van der Waals surface area contributed by atoms with E-state index in [2.05, 4.69) is 146 Å². The fraction of sp³-hybridized carbons (Fsp3) is 0.188. The van der Waals surface area contributed by atoms with Gasteiger partial charge in [0.25, 0.3) is 5.97 Å². The van der Waals surface area contributed by atoms with E-state index < -0.39 is 5.97 Å². The molecule has 0 spiro atoms. The SMILES string of the molecule is CC(=O)O.COc1ccc(NCc2ccccc2Cl)c(NC(=O)C(C)c2ccc(Br)cc2)c1.COc1ccc2c(c1)nc(C(C)c1ccc(Br)cc1)n2Cc1ccccc1Cl.II(I)I. The molecular formula is C48H46Br2Cl2I4N4O5. The number of hydrogen-bond acceptors (Lipinski definition) is 6. The van der Waals surface area contributed by atoms with E-state index >= 15 is 0 Å². The third-order valence-corrected chi connectivity index (χ3v) is 11.5. The van der Waals surface area contributed by atoms with Crippen molar-refractivity contribution < 1.29 is 24.2 Å². The Morgan fingerprint density at radius 2 is 1.23 bits per heavy atom. The van der Waals surface area contributed by atoms with E-state index in [1.54, 1.807) is 20.3 Å². The van der Waals surface area contributed by atoms with Gasteiger partial charge in [-0.15, -0.1) is 0 Å². The summed E-state index contributed by atoms with van der Waals surface area (Å²) >= 11 is 27.0. The Hall–Kier alpha value is -2.41. The van der Waals surface area contributed by atoms with Gasteiger partial charge in [0.1, 0.15) is 17.3 Å². The van der Waals surface area contributed by atoms with Gasteiger partial charge >= 0.3 is 63.7 Å². The fourth-order valence-electron chi connectivity index (χ4n) is 6.33. The maximum absolute atomic E-state index is 12.9. The Morgan fingerprint density at radius 3 is 1.77 bits per heavy atom. The van der Waals surface area contributed by atoms with E-state index in [0.29, 0.717) is 29.5 Å². The Labute approximate surface area is 443 Å². The first-order valence-corrected chi connectivity index (χ1v) is 40.8. The number of amides is 1. The Balaban J connectivity index is 0.000000244. The van der Waals surface area contributed by atoms with Gasteiger partial charge in [0, 0.05) is 50.5 Å². The Bertz CT molecular complexity index is 2630. The van der Waals surface area contributed by atoms with Crippen LogP contribution in [0.2, 0.25) is 10.0 Å². The minimum absolute atomic E-state index is 0.0960. The van der Waals surface area contributed by atoms with Crippen molar-refractivity contribution in [1.82, 2.24) is 9.55 Å². The number of rotatable bonds is 12. The number of hydrogen-bond donors (Lipinski definition) is 3. The van der Waals surface area contributed by atoms with Crippen LogP contribution in [0, 0.1) is 0 Å². The van der Waals surface area contributed by atoms with Crippen LogP contribution in [0.1, 0.15) is 60.7 Å². The number of aromatic nitrogens is 2. The van der Waals surface area contributed by atoms with Crippen molar-refractivity contribution in [2.24, 2.45) is 0 Å². The molecule has 17 heteroatoms. The molecule has 344 valence electrons. The quantitative estimate of drug-likeness (QED) is 0.104. The number of carboxylic acids is 1. The van der Waals surface area contributed by atoms with Gasteiger partial charge in [-0.3, -0.25) is 9.59 Å². The number of aliphatic carboxylic acids is 1. The van der Waals surface area contributed by atoms with Crippen molar-refractivity contribution >= 4 is 153 Å². The third kappa shape index (κ3) is 17.9. The van der Waals surface area contributed by atoms with Crippen molar-refractivity contribution in [3.63, 3.8) is 0 Å². The molecule has 0 saturated heterocycles. The standard InChI is InChI=1S/C23H22BrClN2O2.C23H20BrClN2O.C2H4O2.I4/c1-15(16-7-9-18(24)10-8-16)23(28)27-22-13-19(29-2)11-12-21(22)26-14-17-5-3-4-6-20(17)25;1-15(16-7-9-18(24)10-8-16)23-26-21-13-19(28-2)11-12-22(21)27(23)14-17-5-3-4-6-20(17)25;1-2(3)4;1-4(2)3/h3-13,15,26H,14H2,1-2H3,(H,27,28);3-13,15H,14H2,1-2H3;1H3,(H,3,4);. The van der Waals surface area contributed by atoms with E-state index in [1.807, 2.05) is 97.9 Å². The molecule has 0 aliphatic rings. The molecule has 65 heavy (non-hydrogen) atoms. The molecule has 6 aromatic carbocycles. The zero-order valence-electron chi connectivity index (χ0n) is 35.8. The second kappa shape index (κ2) is 28.2. The molecule has 3 N–H and O–H groups in total. The molecule has 0 saturated carbocycles. The predicted molar refractivity (Wildman–Crippen MR) is 311 cm³/mol. The van der Waals surface area contributed by atoms with Crippen molar-refractivity contribution in [1.29, 1.82) is 0 Å². The van der Waals surface area contributed by atoms with Crippen molar-refractivity contribution in [2.75, 3.05) is 24.9 Å². The zero-order chi connectivity index (χ0) is 47.6. The van der Waals surface area contributed by atoms with Crippen LogP contribution in [-0.2, 0) is 22.7 Å². The van der Waals surface area contributed by atoms with Crippen LogP contribution in [0.5, 0.6) is 11.5 Å². The molecule has 0 bridgehead atoms. The van der Waals surface area contributed by atoms with E-state index in [0.717, 1.165) is 65.9 Å². The summed E-state index contributed by atoms with van der Waals surface area (Å²) in [6, 6.07) is 43.3. The molecule has 1 aromatic heterocycles. The number of anilines is 2. The predicted octanol–water partition coefficient (Wildman–Crippen LogP) is 16.8. The molecule has 0 aliphatic heterocycles. The molecule has 0 radical (unpaired) electrons. The number of halogens is 8. The van der Waals surface area contributed by atoms with E-state index in [9.17, 15) is 4.79 Å². The average molecular weight is 1500 g/mol. The zero-order valence-corrected chi connectivity index (χ0v) is 49.1. The fourth-order valence-corrected chi connectivity index (χ4v) is 7.26. The van der Waals surface area contributed by atoms with Crippen LogP contribution < -0.4 is 20.1 Å². The average Bonchev–Trinajstić information content (AvgIpc) is 3.64. The number of nitrogens with one attached hydrogen (secondary N) is 2. The number of imidazole rings is 1. The van der Waals surface area contributed by atoms with Crippen LogP contribution >= 0.6 is 119 Å². The van der Waals surface area contributed by atoms with Gasteiger partial charge in [-0.05, 0) is 89.8 Å². The Kier molecular flexibility index (Phi) is 23.9. The molecule has 9 nitrogen and oxygen atoms in total. The van der Waals surface area contributed by atoms with Crippen LogP contribution in [0.25, 0.3) is 11.0 Å². The molecular weight excluding hydrogens is 1450 g/mol. The van der Waals surface area contributed by atoms with Crippen LogP contribution in [-0.4, -0.2) is 40.8 Å². The molecule has 7 rings (SSSR count). The van der Waals surface area contributed by atoms with Crippen molar-refractivity contribution in [3.8, 4) is 11.5 Å². The normalized spacial score (nSPS) is 11.5. The summed E-state index contributed by atoms with van der Waals surface area (Å²) in [6.45, 7) is 6.36. The molecule has 2 unspecified atom stereocenters. The topological polar surface area (TPSA) is 115 Å². The molecule has 7 aromatic rings. The van der Waals surface area contributed by atoms with Gasteiger partial charge < -0.3 is 29.8 Å². The molecule has 1 heterocycles. The van der Waals surface area contributed by atoms with Crippen molar-refractivity contribution in [2.45, 2.75) is 45.7 Å². The summed E-state index contributed by atoms with van der Waals surface area (Å²) in [7, 11) is 2.92. The summed E-state index contributed by atoms with van der Waals surface area (Å²) in [5.74, 6) is 1.38. The maximum atomic E-state index is 12.9. The van der Waals surface area contributed by atoms with E-state index in [4.69, 9.17) is 47.6 Å². The number of methoxy groups -OCH3 is 2. The van der Waals surface area contributed by atoms with Gasteiger partial charge in [0.15, 0.2) is 0 Å². The molecule has 0 fully saturated rings. The Morgan fingerprint density at radius 1 is 0.738 bits per heavy atom. The number of carbonyl (C=O) groups excluding carboxylic acids is 1. The number of ether oxygens (including phenoxy) is 2. The summed E-state index contributed by atoms with van der Waals surface area (Å²) in [4.78, 5) is 26.8. The number of carbonyl (C=O) groups is 2. The first-order chi connectivity index (χ1) is 31.0. The molecule has 2 atom stereocenters. The van der Waals surface area contributed by atoms with Crippen molar-refractivity contribution in [3.05, 3.63) is 181 Å². The van der Waals surface area contributed by atoms with Gasteiger partial charge in [0.05, 0.1) is 49.1 Å². The molecule has 1 amide bonds. The number of carboxylic acid groups (broad SMARTS) is 1. The van der Waals surface area contributed by atoms with Crippen LogP contribution in [0.3, 0.4) is 0 Å². The van der Waals surface area contributed by atoms with Gasteiger partial charge in [-0.25, -0.2) is 4.98 Å². The second-order valence-electron chi connectivity index (χ2n) is 14.1. The minimum atomic E-state index is -0.833. The van der Waals surface area contributed by atoms with Crippen LogP contribution in [0.15, 0.2) is 142 Å². The monoisotopic (exact) mass is 1490 g/mol. The number of fused-ring (bicyclic) bond motifs is 1. The first-order valence-electron chi connectivity index (χ1n) is 19.6. The van der Waals surface area contributed by atoms with E-state index in [-0.39, 0.29) is 25.6 Å². The van der Waals surface area contributed by atoms with Crippen LogP contribution in [0.4, 0.5) is 11.4 Å². The summed E-state index contributed by atoms with van der Waals surface area (Å²) in [6.07, 6.45) is 0. The third-order valence-electron chi connectivity index (χ3n) is 9.70. The van der Waals surface area contributed by atoms with Gasteiger partial charge in [-0.2, -0.15) is 0 Å². The first kappa shape index (κ1) is 55.2. The molecule has 0 aliphatic carbocycles. The second-order valence-corrected chi connectivity index (χ2v) is 65.5. The number of nitrogens with zero attached hydrogens (tertiary/aromatic N) is 2.